The average molecular weight is 367 g/mol. The van der Waals surface area contributed by atoms with Gasteiger partial charge in [0.1, 0.15) is 0 Å². The maximum atomic E-state index is 12.4. The van der Waals surface area contributed by atoms with E-state index in [2.05, 4.69) is 14.8 Å². The molecule has 0 aliphatic heterocycles. The molecule has 0 saturated heterocycles. The van der Waals surface area contributed by atoms with Crippen molar-refractivity contribution in [1.29, 1.82) is 0 Å². The second-order valence-corrected chi connectivity index (χ2v) is 7.47. The lowest BCUT2D eigenvalue weighted by Gasteiger charge is -2.25. The lowest BCUT2D eigenvalue weighted by atomic mass is 9.95. The molecular formula is C20H21N3O2S. The van der Waals surface area contributed by atoms with Crippen LogP contribution in [0.5, 0.6) is 0 Å². The van der Waals surface area contributed by atoms with Crippen LogP contribution in [-0.4, -0.2) is 26.3 Å². The zero-order valence-electron chi connectivity index (χ0n) is 14.5. The first kappa shape index (κ1) is 17.1. The molecule has 0 N–H and O–H groups in total. The molecular weight excluding hydrogens is 346 g/mol. The average Bonchev–Trinajstić information content (AvgIpc) is 3.37. The number of hydrogen-bond acceptors (Lipinski definition) is 5. The largest absolute Gasteiger partial charge is 0.461 e. The van der Waals surface area contributed by atoms with Gasteiger partial charge in [0.15, 0.2) is 16.7 Å². The van der Waals surface area contributed by atoms with E-state index in [4.69, 9.17) is 4.42 Å². The van der Waals surface area contributed by atoms with Crippen molar-refractivity contribution in [1.82, 2.24) is 14.8 Å². The number of hydrogen-bond donors (Lipinski definition) is 0. The Hall–Kier alpha value is -2.34. The van der Waals surface area contributed by atoms with Gasteiger partial charge in [0.2, 0.25) is 5.82 Å². The number of carbonyl (C=O) groups is 1. The van der Waals surface area contributed by atoms with E-state index in [0.29, 0.717) is 11.8 Å². The number of thioether (sulfide) groups is 1. The van der Waals surface area contributed by atoms with Crippen LogP contribution in [0.15, 0.2) is 58.3 Å². The van der Waals surface area contributed by atoms with E-state index in [0.717, 1.165) is 35.1 Å². The smallest absolute Gasteiger partial charge is 0.200 e. The summed E-state index contributed by atoms with van der Waals surface area (Å²) in [6, 6.07) is 13.5. The summed E-state index contributed by atoms with van der Waals surface area (Å²) >= 11 is 1.46. The number of rotatable bonds is 6. The molecule has 26 heavy (non-hydrogen) atoms. The molecule has 1 aliphatic rings. The molecule has 0 atom stereocenters. The molecule has 0 spiro atoms. The van der Waals surface area contributed by atoms with E-state index in [9.17, 15) is 4.79 Å². The van der Waals surface area contributed by atoms with E-state index in [1.165, 1.54) is 31.0 Å². The Bertz CT molecular complexity index is 853. The zero-order valence-corrected chi connectivity index (χ0v) is 15.3. The van der Waals surface area contributed by atoms with Gasteiger partial charge in [-0.3, -0.25) is 9.36 Å². The third-order valence-corrected chi connectivity index (χ3v) is 5.72. The summed E-state index contributed by atoms with van der Waals surface area (Å²) in [7, 11) is 0. The van der Waals surface area contributed by atoms with Gasteiger partial charge in [-0.2, -0.15) is 0 Å². The van der Waals surface area contributed by atoms with E-state index >= 15 is 0 Å². The Balaban J connectivity index is 1.58. The Labute approximate surface area is 156 Å². The highest BCUT2D eigenvalue weighted by atomic mass is 32.2. The van der Waals surface area contributed by atoms with Gasteiger partial charge in [-0.05, 0) is 25.0 Å². The summed E-state index contributed by atoms with van der Waals surface area (Å²) in [5.41, 5.74) is 0.731. The SMILES string of the molecule is O=C(CSc1nnc(-c2ccco2)n1C1CCCCC1)c1ccccc1. The molecule has 0 unspecified atom stereocenters. The third-order valence-electron chi connectivity index (χ3n) is 4.77. The number of Topliss-reactive ketones (excluding diaryl/α,β-unsaturated/α-hetero) is 1. The quantitative estimate of drug-likeness (QED) is 0.452. The molecule has 0 amide bonds. The summed E-state index contributed by atoms with van der Waals surface area (Å²) in [5, 5.41) is 9.55. The minimum absolute atomic E-state index is 0.105. The van der Waals surface area contributed by atoms with Gasteiger partial charge in [-0.1, -0.05) is 61.4 Å². The number of benzene rings is 1. The Morgan fingerprint density at radius 2 is 1.88 bits per heavy atom. The highest BCUT2D eigenvalue weighted by molar-refractivity contribution is 7.99. The van der Waals surface area contributed by atoms with Crippen molar-refractivity contribution in [3.8, 4) is 11.6 Å². The molecule has 1 aliphatic carbocycles. The van der Waals surface area contributed by atoms with E-state index < -0.39 is 0 Å². The number of ketones is 1. The monoisotopic (exact) mass is 367 g/mol. The lowest BCUT2D eigenvalue weighted by Crippen LogP contribution is -2.15. The summed E-state index contributed by atoms with van der Waals surface area (Å²) in [6.45, 7) is 0. The summed E-state index contributed by atoms with van der Waals surface area (Å²) in [4.78, 5) is 12.4. The predicted octanol–water partition coefficient (Wildman–Crippen LogP) is 5.02. The third kappa shape index (κ3) is 3.60. The fourth-order valence-electron chi connectivity index (χ4n) is 3.46. The van der Waals surface area contributed by atoms with Crippen molar-refractivity contribution in [3.63, 3.8) is 0 Å². The molecule has 0 bridgehead atoms. The van der Waals surface area contributed by atoms with Crippen LogP contribution in [0.4, 0.5) is 0 Å². The van der Waals surface area contributed by atoms with Crippen LogP contribution in [-0.2, 0) is 0 Å². The fourth-order valence-corrected chi connectivity index (χ4v) is 4.36. The molecule has 3 aromatic rings. The fraction of sp³-hybridized carbons (Fsp3) is 0.350. The van der Waals surface area contributed by atoms with E-state index in [-0.39, 0.29) is 5.78 Å². The molecule has 1 aromatic carbocycles. The zero-order chi connectivity index (χ0) is 17.8. The Morgan fingerprint density at radius 3 is 2.62 bits per heavy atom. The van der Waals surface area contributed by atoms with Crippen LogP contribution in [0, 0.1) is 0 Å². The second-order valence-electron chi connectivity index (χ2n) is 6.52. The maximum Gasteiger partial charge on any atom is 0.200 e. The summed E-state index contributed by atoms with van der Waals surface area (Å²) in [5.74, 6) is 1.95. The van der Waals surface area contributed by atoms with Gasteiger partial charge in [0, 0.05) is 11.6 Å². The van der Waals surface area contributed by atoms with Gasteiger partial charge in [-0.15, -0.1) is 10.2 Å². The van der Waals surface area contributed by atoms with Crippen molar-refractivity contribution >= 4 is 17.5 Å². The van der Waals surface area contributed by atoms with Crippen LogP contribution in [0.2, 0.25) is 0 Å². The molecule has 4 rings (SSSR count). The van der Waals surface area contributed by atoms with Crippen molar-refractivity contribution in [2.45, 2.75) is 43.3 Å². The Morgan fingerprint density at radius 1 is 1.08 bits per heavy atom. The highest BCUT2D eigenvalue weighted by Gasteiger charge is 2.25. The van der Waals surface area contributed by atoms with E-state index in [1.807, 2.05) is 42.5 Å². The second kappa shape index (κ2) is 7.91. The number of nitrogens with zero attached hydrogens (tertiary/aromatic N) is 3. The predicted molar refractivity (Wildman–Crippen MR) is 101 cm³/mol. The molecule has 134 valence electrons. The maximum absolute atomic E-state index is 12.4. The van der Waals surface area contributed by atoms with Crippen LogP contribution in [0.3, 0.4) is 0 Å². The molecule has 1 saturated carbocycles. The summed E-state index contributed by atoms with van der Waals surface area (Å²) < 4.78 is 7.74. The standard InChI is InChI=1S/C20H21N3O2S/c24-17(15-8-3-1-4-9-15)14-26-20-22-21-19(18-12-7-13-25-18)23(20)16-10-5-2-6-11-16/h1,3-4,7-9,12-13,16H,2,5-6,10-11,14H2. The first-order valence-electron chi connectivity index (χ1n) is 9.03. The lowest BCUT2D eigenvalue weighted by molar-refractivity contribution is 0.102. The Kier molecular flexibility index (Phi) is 5.20. The van der Waals surface area contributed by atoms with Crippen molar-refractivity contribution < 1.29 is 9.21 Å². The van der Waals surface area contributed by atoms with Crippen LogP contribution in [0.25, 0.3) is 11.6 Å². The van der Waals surface area contributed by atoms with Crippen molar-refractivity contribution in [2.24, 2.45) is 0 Å². The molecule has 5 nitrogen and oxygen atoms in total. The minimum atomic E-state index is 0.105. The normalized spacial score (nSPS) is 15.2. The van der Waals surface area contributed by atoms with E-state index in [1.54, 1.807) is 6.26 Å². The first-order valence-corrected chi connectivity index (χ1v) is 10.0. The number of furan rings is 1. The minimum Gasteiger partial charge on any atom is -0.461 e. The van der Waals surface area contributed by atoms with Crippen LogP contribution < -0.4 is 0 Å². The topological polar surface area (TPSA) is 60.9 Å². The highest BCUT2D eigenvalue weighted by Crippen LogP contribution is 2.35. The summed E-state index contributed by atoms with van der Waals surface area (Å²) in [6.07, 6.45) is 7.60. The van der Waals surface area contributed by atoms with Crippen molar-refractivity contribution in [2.75, 3.05) is 5.75 Å². The number of aromatic nitrogens is 3. The van der Waals surface area contributed by atoms with Crippen molar-refractivity contribution in [3.05, 3.63) is 54.3 Å². The van der Waals surface area contributed by atoms with Crippen LogP contribution in [0.1, 0.15) is 48.5 Å². The van der Waals surface area contributed by atoms with Gasteiger partial charge in [0.25, 0.3) is 0 Å². The molecule has 1 fully saturated rings. The first-order chi connectivity index (χ1) is 12.8. The molecule has 2 aromatic heterocycles. The van der Waals surface area contributed by atoms with Gasteiger partial charge in [0.05, 0.1) is 12.0 Å². The van der Waals surface area contributed by atoms with Gasteiger partial charge in [-0.25, -0.2) is 0 Å². The van der Waals surface area contributed by atoms with Crippen LogP contribution >= 0.6 is 11.8 Å². The molecule has 0 radical (unpaired) electrons. The number of carbonyl (C=O) groups excluding carboxylic acids is 1. The van der Waals surface area contributed by atoms with Gasteiger partial charge >= 0.3 is 0 Å². The molecule has 2 heterocycles. The van der Waals surface area contributed by atoms with Gasteiger partial charge < -0.3 is 4.42 Å². The molecule has 6 heteroatoms.